The van der Waals surface area contributed by atoms with Gasteiger partial charge in [0.25, 0.3) is 5.95 Å². The van der Waals surface area contributed by atoms with Gasteiger partial charge in [0.2, 0.25) is 5.91 Å². The van der Waals surface area contributed by atoms with Gasteiger partial charge in [-0.3, -0.25) is 4.79 Å². The van der Waals surface area contributed by atoms with Gasteiger partial charge < -0.3 is 10.6 Å². The molecule has 4 rings (SSSR count). The summed E-state index contributed by atoms with van der Waals surface area (Å²) in [6.45, 7) is 1.47. The van der Waals surface area contributed by atoms with Crippen molar-refractivity contribution in [2.75, 3.05) is 10.6 Å². The standard InChI is InChI=1S/C19H15ClN6O/c1-12(27)22-16-5-2-13-11-26(25-17(13)10-16)19-21-9-8-18(24-19)23-15-6-3-14(20)4-7-15/h2-11H,1H3,(H,22,27)(H,21,23,24). The Hall–Kier alpha value is -3.45. The maximum absolute atomic E-state index is 11.2. The van der Waals surface area contributed by atoms with Gasteiger partial charge in [0.05, 0.1) is 5.52 Å². The van der Waals surface area contributed by atoms with Gasteiger partial charge in [-0.1, -0.05) is 11.6 Å². The number of nitrogens with zero attached hydrogens (tertiary/aromatic N) is 4. The van der Waals surface area contributed by atoms with Gasteiger partial charge in [-0.2, -0.15) is 10.1 Å². The molecule has 0 saturated heterocycles. The summed E-state index contributed by atoms with van der Waals surface area (Å²) < 4.78 is 1.61. The minimum absolute atomic E-state index is 0.127. The normalized spacial score (nSPS) is 10.7. The highest BCUT2D eigenvalue weighted by Crippen LogP contribution is 2.21. The minimum atomic E-state index is -0.127. The zero-order chi connectivity index (χ0) is 18.8. The number of fused-ring (bicyclic) bond motifs is 1. The first kappa shape index (κ1) is 17.0. The Labute approximate surface area is 160 Å². The summed E-state index contributed by atoms with van der Waals surface area (Å²) in [6, 6.07) is 14.7. The molecule has 0 atom stereocenters. The molecule has 2 N–H and O–H groups in total. The Morgan fingerprint density at radius 3 is 2.63 bits per heavy atom. The van der Waals surface area contributed by atoms with Crippen LogP contribution in [-0.2, 0) is 4.79 Å². The summed E-state index contributed by atoms with van der Waals surface area (Å²) >= 11 is 5.91. The van der Waals surface area contributed by atoms with Crippen LogP contribution in [0.1, 0.15) is 6.92 Å². The van der Waals surface area contributed by atoms with Crippen molar-refractivity contribution in [3.8, 4) is 5.95 Å². The van der Waals surface area contributed by atoms with Crippen LogP contribution in [0.4, 0.5) is 17.2 Å². The van der Waals surface area contributed by atoms with Crippen LogP contribution in [0.15, 0.2) is 60.9 Å². The number of hydrogen-bond acceptors (Lipinski definition) is 5. The largest absolute Gasteiger partial charge is 0.340 e. The number of rotatable bonds is 4. The highest BCUT2D eigenvalue weighted by molar-refractivity contribution is 6.30. The number of anilines is 3. The summed E-state index contributed by atoms with van der Waals surface area (Å²) in [5.74, 6) is 0.949. The van der Waals surface area contributed by atoms with Gasteiger partial charge in [0.1, 0.15) is 5.82 Å². The van der Waals surface area contributed by atoms with Crippen molar-refractivity contribution in [1.82, 2.24) is 19.7 Å². The van der Waals surface area contributed by atoms with Crippen molar-refractivity contribution < 1.29 is 4.79 Å². The monoisotopic (exact) mass is 378 g/mol. The lowest BCUT2D eigenvalue weighted by Gasteiger charge is -2.06. The molecular weight excluding hydrogens is 364 g/mol. The lowest BCUT2D eigenvalue weighted by Crippen LogP contribution is -2.05. The Morgan fingerprint density at radius 1 is 1.07 bits per heavy atom. The van der Waals surface area contributed by atoms with E-state index in [1.807, 2.05) is 36.5 Å². The molecule has 0 radical (unpaired) electrons. The fourth-order valence-corrected chi connectivity index (χ4v) is 2.74. The number of carbonyl (C=O) groups excluding carboxylic acids is 1. The highest BCUT2D eigenvalue weighted by Gasteiger charge is 2.08. The van der Waals surface area contributed by atoms with Crippen molar-refractivity contribution in [3.05, 3.63) is 65.9 Å². The first-order valence-electron chi connectivity index (χ1n) is 8.20. The number of amides is 1. The second kappa shape index (κ2) is 7.05. The number of aromatic nitrogens is 4. The van der Waals surface area contributed by atoms with Crippen molar-refractivity contribution in [1.29, 1.82) is 0 Å². The number of benzene rings is 2. The summed E-state index contributed by atoms with van der Waals surface area (Å²) in [6.07, 6.45) is 3.50. The Morgan fingerprint density at radius 2 is 1.85 bits per heavy atom. The predicted molar refractivity (Wildman–Crippen MR) is 106 cm³/mol. The van der Waals surface area contributed by atoms with E-state index >= 15 is 0 Å². The van der Waals surface area contributed by atoms with E-state index < -0.39 is 0 Å². The van der Waals surface area contributed by atoms with E-state index in [-0.39, 0.29) is 5.91 Å². The summed E-state index contributed by atoms with van der Waals surface area (Å²) in [5, 5.41) is 12.1. The van der Waals surface area contributed by atoms with Crippen LogP contribution >= 0.6 is 11.6 Å². The van der Waals surface area contributed by atoms with Crippen LogP contribution in [0.3, 0.4) is 0 Å². The zero-order valence-electron chi connectivity index (χ0n) is 14.3. The quantitative estimate of drug-likeness (QED) is 0.556. The Bertz CT molecular complexity index is 1120. The van der Waals surface area contributed by atoms with Crippen molar-refractivity contribution in [2.45, 2.75) is 6.92 Å². The van der Waals surface area contributed by atoms with E-state index in [0.29, 0.717) is 22.5 Å². The Kier molecular flexibility index (Phi) is 4.43. The van der Waals surface area contributed by atoms with Gasteiger partial charge in [0.15, 0.2) is 0 Å². The zero-order valence-corrected chi connectivity index (χ0v) is 15.1. The second-order valence-electron chi connectivity index (χ2n) is 5.90. The molecule has 27 heavy (non-hydrogen) atoms. The minimum Gasteiger partial charge on any atom is -0.340 e. The van der Waals surface area contributed by atoms with Crippen molar-refractivity contribution in [2.24, 2.45) is 0 Å². The molecule has 0 saturated carbocycles. The fraction of sp³-hybridized carbons (Fsp3) is 0.0526. The Balaban J connectivity index is 1.62. The molecule has 0 fully saturated rings. The van der Waals surface area contributed by atoms with Gasteiger partial charge in [-0.15, -0.1) is 0 Å². The van der Waals surface area contributed by atoms with E-state index in [4.69, 9.17) is 11.6 Å². The number of nitrogens with one attached hydrogen (secondary N) is 2. The molecule has 0 aliphatic heterocycles. The molecule has 8 heteroatoms. The summed E-state index contributed by atoms with van der Waals surface area (Å²) in [5.41, 5.74) is 2.30. The molecule has 2 aromatic heterocycles. The average Bonchev–Trinajstić information content (AvgIpc) is 3.07. The van der Waals surface area contributed by atoms with Crippen LogP contribution in [0.25, 0.3) is 16.9 Å². The number of hydrogen-bond donors (Lipinski definition) is 2. The SMILES string of the molecule is CC(=O)Nc1ccc2cn(-c3nccc(Nc4ccc(Cl)cc4)n3)nc2c1. The molecule has 4 aromatic rings. The molecule has 2 heterocycles. The van der Waals surface area contributed by atoms with E-state index in [9.17, 15) is 4.79 Å². The second-order valence-corrected chi connectivity index (χ2v) is 6.34. The van der Waals surface area contributed by atoms with Crippen molar-refractivity contribution in [3.63, 3.8) is 0 Å². The fourth-order valence-electron chi connectivity index (χ4n) is 2.61. The van der Waals surface area contributed by atoms with Crippen LogP contribution < -0.4 is 10.6 Å². The average molecular weight is 379 g/mol. The van der Waals surface area contributed by atoms with Gasteiger partial charge in [-0.05, 0) is 48.5 Å². The van der Waals surface area contributed by atoms with E-state index in [0.717, 1.165) is 16.6 Å². The van der Waals surface area contributed by atoms with E-state index in [1.165, 1.54) is 6.92 Å². The highest BCUT2D eigenvalue weighted by atomic mass is 35.5. The molecule has 1 amide bonds. The number of halogens is 1. The topological polar surface area (TPSA) is 84.7 Å². The van der Waals surface area contributed by atoms with Crippen LogP contribution in [0, 0.1) is 0 Å². The van der Waals surface area contributed by atoms with Gasteiger partial charge in [0, 0.05) is 41.1 Å². The van der Waals surface area contributed by atoms with Crippen LogP contribution in [-0.4, -0.2) is 25.7 Å². The van der Waals surface area contributed by atoms with E-state index in [2.05, 4.69) is 25.7 Å². The molecule has 2 aromatic carbocycles. The molecule has 0 aliphatic rings. The third-order valence-electron chi connectivity index (χ3n) is 3.79. The first-order valence-corrected chi connectivity index (χ1v) is 8.58. The first-order chi connectivity index (χ1) is 13.1. The third kappa shape index (κ3) is 3.88. The van der Waals surface area contributed by atoms with Gasteiger partial charge >= 0.3 is 0 Å². The smallest absolute Gasteiger partial charge is 0.252 e. The van der Waals surface area contributed by atoms with E-state index in [1.54, 1.807) is 29.1 Å². The summed E-state index contributed by atoms with van der Waals surface area (Å²) in [7, 11) is 0. The molecule has 7 nitrogen and oxygen atoms in total. The third-order valence-corrected chi connectivity index (χ3v) is 4.04. The predicted octanol–water partition coefficient (Wildman–Crippen LogP) is 4.17. The molecule has 0 aliphatic carbocycles. The molecular formula is C19H15ClN6O. The lowest BCUT2D eigenvalue weighted by molar-refractivity contribution is -0.114. The lowest BCUT2D eigenvalue weighted by atomic mass is 10.2. The van der Waals surface area contributed by atoms with Gasteiger partial charge in [-0.25, -0.2) is 9.67 Å². The molecule has 0 spiro atoms. The maximum atomic E-state index is 11.2. The van der Waals surface area contributed by atoms with Crippen LogP contribution in [0.2, 0.25) is 5.02 Å². The van der Waals surface area contributed by atoms with Crippen molar-refractivity contribution >= 4 is 45.6 Å². The van der Waals surface area contributed by atoms with Crippen LogP contribution in [0.5, 0.6) is 0 Å². The molecule has 0 unspecified atom stereocenters. The molecule has 134 valence electrons. The molecule has 0 bridgehead atoms. The number of carbonyl (C=O) groups is 1. The summed E-state index contributed by atoms with van der Waals surface area (Å²) in [4.78, 5) is 20.0. The maximum Gasteiger partial charge on any atom is 0.252 e.